The van der Waals surface area contributed by atoms with Gasteiger partial charge < -0.3 is 19.1 Å². The normalized spacial score (nSPS) is 18.4. The number of rotatable bonds is 5. The van der Waals surface area contributed by atoms with Crippen molar-refractivity contribution in [2.45, 2.75) is 18.6 Å². The molecular weight excluding hydrogens is 453 g/mol. The number of nitrogens with one attached hydrogen (secondary N) is 1. The second-order valence-electron chi connectivity index (χ2n) is 7.14. The molecule has 1 aliphatic heterocycles. The monoisotopic (exact) mass is 469 g/mol. The van der Waals surface area contributed by atoms with Gasteiger partial charge in [0, 0.05) is 11.8 Å². The van der Waals surface area contributed by atoms with Crippen molar-refractivity contribution >= 4 is 40.5 Å². The zero-order valence-corrected chi connectivity index (χ0v) is 18.5. The maximum absolute atomic E-state index is 6.41. The molecule has 2 atom stereocenters. The number of pyridine rings is 1. The summed E-state index contributed by atoms with van der Waals surface area (Å²) in [5.74, 6) is 2.18. The highest BCUT2D eigenvalue weighted by Crippen LogP contribution is 2.42. The van der Waals surface area contributed by atoms with Gasteiger partial charge in [0.05, 0.1) is 34.6 Å². The molecule has 31 heavy (non-hydrogen) atoms. The van der Waals surface area contributed by atoms with Gasteiger partial charge in [-0.1, -0.05) is 35.3 Å². The van der Waals surface area contributed by atoms with Crippen molar-refractivity contribution in [3.63, 3.8) is 0 Å². The standard InChI is InChI=1S/C23H17Cl2N3O2S/c24-16-7-3-6-15(20(16)25)18-9-10-19(30-18)22-21(17-8-1-2-11-26-17)27-23(31)28(22)13-14-5-4-12-29-14/h1-12,21-22H,13H2,(H,27,31)/t21-,22-/m0/s1. The van der Waals surface area contributed by atoms with Crippen molar-refractivity contribution < 1.29 is 8.83 Å². The van der Waals surface area contributed by atoms with Gasteiger partial charge in [0.25, 0.3) is 0 Å². The first-order chi connectivity index (χ1) is 15.1. The highest BCUT2D eigenvalue weighted by Gasteiger charge is 2.42. The van der Waals surface area contributed by atoms with E-state index in [9.17, 15) is 0 Å². The number of aromatic nitrogens is 1. The van der Waals surface area contributed by atoms with Crippen LogP contribution in [0.4, 0.5) is 0 Å². The van der Waals surface area contributed by atoms with Crippen molar-refractivity contribution in [1.29, 1.82) is 0 Å². The Balaban J connectivity index is 1.56. The third-order valence-corrected chi connectivity index (χ3v) is 6.41. The SMILES string of the molecule is S=C1N[C@@H](c2ccccn2)[C@H](c2ccc(-c3cccc(Cl)c3Cl)o2)N1Cc1ccco1. The highest BCUT2D eigenvalue weighted by molar-refractivity contribution is 7.80. The molecule has 156 valence electrons. The fourth-order valence-electron chi connectivity index (χ4n) is 3.81. The Kier molecular flexibility index (Phi) is 5.44. The molecule has 5 rings (SSSR count). The largest absolute Gasteiger partial charge is 0.467 e. The first kappa shape index (κ1) is 20.1. The molecule has 1 fully saturated rings. The van der Waals surface area contributed by atoms with Crippen LogP contribution >= 0.6 is 35.4 Å². The Morgan fingerprint density at radius 2 is 1.94 bits per heavy atom. The van der Waals surface area contributed by atoms with Crippen molar-refractivity contribution in [1.82, 2.24) is 15.2 Å². The van der Waals surface area contributed by atoms with E-state index in [4.69, 9.17) is 44.3 Å². The summed E-state index contributed by atoms with van der Waals surface area (Å²) in [6, 6.07) is 18.5. The van der Waals surface area contributed by atoms with E-state index in [0.29, 0.717) is 27.5 Å². The molecule has 3 aromatic heterocycles. The Morgan fingerprint density at radius 3 is 2.71 bits per heavy atom. The molecule has 0 radical (unpaired) electrons. The molecule has 0 unspecified atom stereocenters. The molecule has 5 nitrogen and oxygen atoms in total. The molecule has 1 aliphatic rings. The quantitative estimate of drug-likeness (QED) is 0.340. The minimum atomic E-state index is -0.223. The molecule has 0 bridgehead atoms. The smallest absolute Gasteiger partial charge is 0.170 e. The number of nitrogens with zero attached hydrogens (tertiary/aromatic N) is 2. The second-order valence-corrected chi connectivity index (χ2v) is 8.31. The maximum atomic E-state index is 6.41. The third-order valence-electron chi connectivity index (χ3n) is 5.24. The molecule has 0 spiro atoms. The lowest BCUT2D eigenvalue weighted by molar-refractivity contribution is 0.253. The maximum Gasteiger partial charge on any atom is 0.170 e. The molecular formula is C23H17Cl2N3O2S. The fourth-order valence-corrected chi connectivity index (χ4v) is 4.50. The number of furan rings is 2. The summed E-state index contributed by atoms with van der Waals surface area (Å²) < 4.78 is 11.9. The molecule has 4 aromatic rings. The van der Waals surface area contributed by atoms with E-state index in [2.05, 4.69) is 15.2 Å². The van der Waals surface area contributed by atoms with Gasteiger partial charge >= 0.3 is 0 Å². The van der Waals surface area contributed by atoms with Gasteiger partial charge in [-0.2, -0.15) is 0 Å². The van der Waals surface area contributed by atoms with Gasteiger partial charge in [-0.05, 0) is 60.7 Å². The summed E-state index contributed by atoms with van der Waals surface area (Å²) in [5, 5.41) is 4.94. The average Bonchev–Trinajstić information content (AvgIpc) is 3.52. The molecule has 1 aromatic carbocycles. The van der Waals surface area contributed by atoms with Gasteiger partial charge in [0.2, 0.25) is 0 Å². The van der Waals surface area contributed by atoms with Crippen LogP contribution in [0.1, 0.15) is 29.3 Å². The lowest BCUT2D eigenvalue weighted by Crippen LogP contribution is -2.28. The first-order valence-corrected chi connectivity index (χ1v) is 10.8. The van der Waals surface area contributed by atoms with Crippen molar-refractivity contribution in [3.8, 4) is 11.3 Å². The number of benzene rings is 1. The van der Waals surface area contributed by atoms with Crippen molar-refractivity contribution in [2.75, 3.05) is 0 Å². The van der Waals surface area contributed by atoms with Crippen LogP contribution in [0.3, 0.4) is 0 Å². The topological polar surface area (TPSA) is 54.4 Å². The number of hydrogen-bond acceptors (Lipinski definition) is 4. The predicted octanol–water partition coefficient (Wildman–Crippen LogP) is 6.41. The zero-order chi connectivity index (χ0) is 21.4. The van der Waals surface area contributed by atoms with Crippen LogP contribution in [-0.2, 0) is 6.54 Å². The average molecular weight is 470 g/mol. The second kappa shape index (κ2) is 8.38. The molecule has 1 saturated heterocycles. The molecule has 0 saturated carbocycles. The van der Waals surface area contributed by atoms with E-state index < -0.39 is 0 Å². The Hall–Kier alpha value is -2.80. The lowest BCUT2D eigenvalue weighted by atomic mass is 10.0. The van der Waals surface area contributed by atoms with E-state index in [1.807, 2.05) is 54.6 Å². The van der Waals surface area contributed by atoms with Crippen LogP contribution in [-0.4, -0.2) is 15.0 Å². The number of thiocarbonyl (C=S) groups is 1. The van der Waals surface area contributed by atoms with Gasteiger partial charge in [-0.3, -0.25) is 4.98 Å². The molecule has 0 aliphatic carbocycles. The Morgan fingerprint density at radius 1 is 1.03 bits per heavy atom. The summed E-state index contributed by atoms with van der Waals surface area (Å²) in [6.45, 7) is 0.501. The first-order valence-electron chi connectivity index (χ1n) is 9.66. The van der Waals surface area contributed by atoms with E-state index >= 15 is 0 Å². The van der Waals surface area contributed by atoms with E-state index in [0.717, 1.165) is 22.8 Å². The summed E-state index contributed by atoms with van der Waals surface area (Å²) in [5.41, 5.74) is 1.61. The number of hydrogen-bond donors (Lipinski definition) is 1. The highest BCUT2D eigenvalue weighted by atomic mass is 35.5. The summed E-state index contributed by atoms with van der Waals surface area (Å²) in [6.07, 6.45) is 3.42. The van der Waals surface area contributed by atoms with E-state index in [1.54, 1.807) is 18.5 Å². The predicted molar refractivity (Wildman–Crippen MR) is 124 cm³/mol. The van der Waals surface area contributed by atoms with Crippen LogP contribution in [0, 0.1) is 0 Å². The molecule has 1 N–H and O–H groups in total. The zero-order valence-electron chi connectivity index (χ0n) is 16.2. The Bertz CT molecular complexity index is 1210. The molecule has 8 heteroatoms. The third kappa shape index (κ3) is 3.83. The van der Waals surface area contributed by atoms with Gasteiger partial charge in [-0.15, -0.1) is 0 Å². The van der Waals surface area contributed by atoms with E-state index in [-0.39, 0.29) is 12.1 Å². The number of halogens is 2. The van der Waals surface area contributed by atoms with Crippen LogP contribution in [0.2, 0.25) is 10.0 Å². The van der Waals surface area contributed by atoms with Crippen LogP contribution in [0.15, 0.2) is 82.0 Å². The van der Waals surface area contributed by atoms with Crippen molar-refractivity contribution in [2.24, 2.45) is 0 Å². The lowest BCUT2D eigenvalue weighted by Gasteiger charge is -2.25. The van der Waals surface area contributed by atoms with Gasteiger partial charge in [0.1, 0.15) is 23.3 Å². The summed E-state index contributed by atoms with van der Waals surface area (Å²) in [7, 11) is 0. The Labute approximate surface area is 194 Å². The van der Waals surface area contributed by atoms with Crippen LogP contribution < -0.4 is 5.32 Å². The van der Waals surface area contributed by atoms with E-state index in [1.165, 1.54) is 0 Å². The van der Waals surface area contributed by atoms with Crippen LogP contribution in [0.25, 0.3) is 11.3 Å². The molecule has 4 heterocycles. The fraction of sp³-hybridized carbons (Fsp3) is 0.130. The van der Waals surface area contributed by atoms with Gasteiger partial charge in [-0.25, -0.2) is 0 Å². The van der Waals surface area contributed by atoms with Crippen LogP contribution in [0.5, 0.6) is 0 Å². The minimum absolute atomic E-state index is 0.183. The molecule has 0 amide bonds. The minimum Gasteiger partial charge on any atom is -0.467 e. The van der Waals surface area contributed by atoms with Crippen molar-refractivity contribution in [3.05, 3.63) is 100 Å². The summed E-state index contributed by atoms with van der Waals surface area (Å²) >= 11 is 18.3. The summed E-state index contributed by atoms with van der Waals surface area (Å²) in [4.78, 5) is 6.59. The van der Waals surface area contributed by atoms with Gasteiger partial charge in [0.15, 0.2) is 5.11 Å².